The van der Waals surface area contributed by atoms with E-state index >= 15 is 0 Å². The lowest BCUT2D eigenvalue weighted by molar-refractivity contribution is -0.120. The second kappa shape index (κ2) is 4.76. The van der Waals surface area contributed by atoms with E-state index in [-0.39, 0.29) is 24.9 Å². The SMILES string of the molecule is C#CCNC(=O)CN1C(=C)c2ccccc2C1=O. The Balaban J connectivity index is 2.14. The summed E-state index contributed by atoms with van der Waals surface area (Å²) in [6, 6.07) is 7.15. The Labute approximate surface area is 105 Å². The van der Waals surface area contributed by atoms with Crippen molar-refractivity contribution < 1.29 is 9.59 Å². The molecule has 18 heavy (non-hydrogen) atoms. The largest absolute Gasteiger partial charge is 0.344 e. The van der Waals surface area contributed by atoms with Gasteiger partial charge in [0.15, 0.2) is 0 Å². The molecule has 0 atom stereocenters. The highest BCUT2D eigenvalue weighted by Crippen LogP contribution is 2.30. The summed E-state index contributed by atoms with van der Waals surface area (Å²) in [6.45, 7) is 3.94. The number of carbonyl (C=O) groups is 2. The Kier molecular flexibility index (Phi) is 3.16. The van der Waals surface area contributed by atoms with Crippen LogP contribution >= 0.6 is 0 Å². The zero-order valence-electron chi connectivity index (χ0n) is 9.77. The third kappa shape index (κ3) is 1.98. The number of benzene rings is 1. The van der Waals surface area contributed by atoms with Crippen LogP contribution in [-0.2, 0) is 4.79 Å². The average molecular weight is 240 g/mol. The van der Waals surface area contributed by atoms with Crippen LogP contribution < -0.4 is 5.32 Å². The van der Waals surface area contributed by atoms with Gasteiger partial charge in [0.2, 0.25) is 5.91 Å². The molecule has 0 saturated carbocycles. The van der Waals surface area contributed by atoms with Gasteiger partial charge < -0.3 is 5.32 Å². The molecule has 2 amide bonds. The molecule has 2 rings (SSSR count). The molecule has 4 heteroatoms. The third-order valence-corrected chi connectivity index (χ3v) is 2.73. The summed E-state index contributed by atoms with van der Waals surface area (Å²) in [7, 11) is 0. The minimum Gasteiger partial charge on any atom is -0.344 e. The molecule has 0 aromatic heterocycles. The van der Waals surface area contributed by atoms with Crippen LogP contribution in [-0.4, -0.2) is 29.8 Å². The fourth-order valence-corrected chi connectivity index (χ4v) is 1.85. The zero-order chi connectivity index (χ0) is 13.1. The molecule has 90 valence electrons. The van der Waals surface area contributed by atoms with Crippen molar-refractivity contribution >= 4 is 17.5 Å². The maximum atomic E-state index is 12.1. The van der Waals surface area contributed by atoms with Crippen molar-refractivity contribution in [2.75, 3.05) is 13.1 Å². The van der Waals surface area contributed by atoms with Gasteiger partial charge >= 0.3 is 0 Å². The quantitative estimate of drug-likeness (QED) is 0.797. The highest BCUT2D eigenvalue weighted by atomic mass is 16.2. The Morgan fingerprint density at radius 3 is 2.67 bits per heavy atom. The van der Waals surface area contributed by atoms with Gasteiger partial charge in [0.1, 0.15) is 6.54 Å². The smallest absolute Gasteiger partial charge is 0.259 e. The van der Waals surface area contributed by atoms with Crippen LogP contribution in [0.15, 0.2) is 30.8 Å². The van der Waals surface area contributed by atoms with Crippen molar-refractivity contribution in [1.82, 2.24) is 10.2 Å². The van der Waals surface area contributed by atoms with Crippen molar-refractivity contribution in [2.24, 2.45) is 0 Å². The van der Waals surface area contributed by atoms with Crippen LogP contribution in [0.4, 0.5) is 0 Å². The van der Waals surface area contributed by atoms with Crippen LogP contribution in [0.5, 0.6) is 0 Å². The molecule has 1 heterocycles. The van der Waals surface area contributed by atoms with Crippen molar-refractivity contribution in [2.45, 2.75) is 0 Å². The first kappa shape index (κ1) is 11.9. The van der Waals surface area contributed by atoms with Crippen molar-refractivity contribution in [3.8, 4) is 12.3 Å². The minimum atomic E-state index is -0.296. The maximum Gasteiger partial charge on any atom is 0.259 e. The monoisotopic (exact) mass is 240 g/mol. The van der Waals surface area contributed by atoms with Gasteiger partial charge in [-0.1, -0.05) is 30.7 Å². The van der Waals surface area contributed by atoms with Gasteiger partial charge in [-0.05, 0) is 6.07 Å². The molecule has 0 fully saturated rings. The highest BCUT2D eigenvalue weighted by molar-refractivity contribution is 6.10. The molecule has 1 aromatic carbocycles. The van der Waals surface area contributed by atoms with Gasteiger partial charge in [0.05, 0.1) is 6.54 Å². The molecule has 1 aromatic rings. The molecule has 0 spiro atoms. The van der Waals surface area contributed by atoms with Gasteiger partial charge in [-0.15, -0.1) is 6.42 Å². The number of hydrogen-bond acceptors (Lipinski definition) is 2. The van der Waals surface area contributed by atoms with E-state index in [1.54, 1.807) is 12.1 Å². The predicted octanol–water partition coefficient (Wildman–Crippen LogP) is 0.862. The zero-order valence-corrected chi connectivity index (χ0v) is 9.77. The van der Waals surface area contributed by atoms with E-state index in [2.05, 4.69) is 17.8 Å². The summed E-state index contributed by atoms with van der Waals surface area (Å²) in [6.07, 6.45) is 5.05. The third-order valence-electron chi connectivity index (χ3n) is 2.73. The molecule has 1 aliphatic rings. The minimum absolute atomic E-state index is 0.0615. The van der Waals surface area contributed by atoms with Gasteiger partial charge in [-0.25, -0.2) is 0 Å². The lowest BCUT2D eigenvalue weighted by Gasteiger charge is -2.16. The lowest BCUT2D eigenvalue weighted by Crippen LogP contribution is -2.36. The molecule has 0 bridgehead atoms. The fourth-order valence-electron chi connectivity index (χ4n) is 1.85. The van der Waals surface area contributed by atoms with Gasteiger partial charge in [-0.3, -0.25) is 14.5 Å². The lowest BCUT2D eigenvalue weighted by atomic mass is 10.1. The predicted molar refractivity (Wildman–Crippen MR) is 68.4 cm³/mol. The highest BCUT2D eigenvalue weighted by Gasteiger charge is 2.31. The van der Waals surface area contributed by atoms with Gasteiger partial charge in [0, 0.05) is 16.8 Å². The number of amides is 2. The Bertz CT molecular complexity index is 534. The molecule has 0 aliphatic carbocycles. The van der Waals surface area contributed by atoms with Crippen LogP contribution in [0, 0.1) is 12.3 Å². The first-order valence-electron chi connectivity index (χ1n) is 5.45. The van der Waals surface area contributed by atoms with E-state index in [0.29, 0.717) is 11.3 Å². The number of fused-ring (bicyclic) bond motifs is 1. The Morgan fingerprint density at radius 2 is 2.06 bits per heavy atom. The number of hydrogen-bond donors (Lipinski definition) is 1. The van der Waals surface area contributed by atoms with E-state index in [4.69, 9.17) is 6.42 Å². The number of terminal acetylenes is 1. The first-order chi connectivity index (χ1) is 8.65. The van der Waals surface area contributed by atoms with Crippen LogP contribution in [0.1, 0.15) is 15.9 Å². The number of nitrogens with one attached hydrogen (secondary N) is 1. The van der Waals surface area contributed by atoms with Crippen molar-refractivity contribution in [3.05, 3.63) is 42.0 Å². The molecule has 4 nitrogen and oxygen atoms in total. The van der Waals surface area contributed by atoms with Crippen LogP contribution in [0.25, 0.3) is 5.70 Å². The van der Waals surface area contributed by atoms with E-state index < -0.39 is 0 Å². The second-order valence-electron chi connectivity index (χ2n) is 3.86. The summed E-state index contributed by atoms with van der Waals surface area (Å²) < 4.78 is 0. The summed E-state index contributed by atoms with van der Waals surface area (Å²) in [5.74, 6) is 1.81. The Hall–Kier alpha value is -2.54. The van der Waals surface area contributed by atoms with Crippen molar-refractivity contribution in [1.29, 1.82) is 0 Å². The van der Waals surface area contributed by atoms with Crippen molar-refractivity contribution in [3.63, 3.8) is 0 Å². The van der Waals surface area contributed by atoms with E-state index in [9.17, 15) is 9.59 Å². The maximum absolute atomic E-state index is 12.1. The van der Waals surface area contributed by atoms with Gasteiger partial charge in [0.25, 0.3) is 5.91 Å². The average Bonchev–Trinajstić information content (AvgIpc) is 2.62. The molecular weight excluding hydrogens is 228 g/mol. The van der Waals surface area contributed by atoms with Gasteiger partial charge in [-0.2, -0.15) is 0 Å². The van der Waals surface area contributed by atoms with Crippen LogP contribution in [0.3, 0.4) is 0 Å². The molecule has 0 unspecified atom stereocenters. The van der Waals surface area contributed by atoms with E-state index in [1.807, 2.05) is 12.1 Å². The Morgan fingerprint density at radius 1 is 1.39 bits per heavy atom. The number of nitrogens with zero attached hydrogens (tertiary/aromatic N) is 1. The fraction of sp³-hybridized carbons (Fsp3) is 0.143. The molecule has 0 saturated heterocycles. The number of carbonyl (C=O) groups excluding carboxylic acids is 2. The van der Waals surface area contributed by atoms with E-state index in [0.717, 1.165) is 5.56 Å². The topological polar surface area (TPSA) is 49.4 Å². The molecule has 1 aliphatic heterocycles. The molecular formula is C14H12N2O2. The number of rotatable bonds is 3. The van der Waals surface area contributed by atoms with Crippen LogP contribution in [0.2, 0.25) is 0 Å². The molecule has 1 N–H and O–H groups in total. The summed E-state index contributed by atoms with van der Waals surface area (Å²) in [4.78, 5) is 25.0. The van der Waals surface area contributed by atoms with E-state index in [1.165, 1.54) is 4.90 Å². The molecule has 0 radical (unpaired) electrons. The second-order valence-corrected chi connectivity index (χ2v) is 3.86. The standard InChI is InChI=1S/C14H12N2O2/c1-3-8-15-13(17)9-16-10(2)11-6-4-5-7-12(11)14(16)18/h1,4-7H,2,8-9H2,(H,15,17). The summed E-state index contributed by atoms with van der Waals surface area (Å²) in [5, 5.41) is 2.52. The summed E-state index contributed by atoms with van der Waals surface area (Å²) >= 11 is 0. The first-order valence-corrected chi connectivity index (χ1v) is 5.45. The normalized spacial score (nSPS) is 13.2. The summed E-state index contributed by atoms with van der Waals surface area (Å²) in [5.41, 5.74) is 1.89.